The van der Waals surface area contributed by atoms with Crippen molar-refractivity contribution in [3.8, 4) is 5.75 Å². The monoisotopic (exact) mass is 393 g/mol. The molecule has 0 aromatic heterocycles. The highest BCUT2D eigenvalue weighted by Crippen LogP contribution is 2.27. The molecule has 2 rings (SSSR count). The van der Waals surface area contributed by atoms with E-state index in [1.54, 1.807) is 18.2 Å². The average Bonchev–Trinajstić information content (AvgIpc) is 2.49. The summed E-state index contributed by atoms with van der Waals surface area (Å²) in [7, 11) is -2.20. The molecular weight excluding hydrogens is 381 g/mol. The maximum Gasteiger partial charge on any atom is 0.240 e. The number of methoxy groups -OCH3 is 1. The Kier molecular flexibility index (Phi) is 6.17. The molecule has 0 bridgehead atoms. The number of hydrogen-bond donors (Lipinski definition) is 1. The quantitative estimate of drug-likeness (QED) is 0.800. The number of rotatable bonds is 6. The van der Waals surface area contributed by atoms with Crippen molar-refractivity contribution in [1.82, 2.24) is 4.72 Å². The molecule has 2 aromatic rings. The van der Waals surface area contributed by atoms with Crippen LogP contribution in [0.1, 0.15) is 5.56 Å². The topological polar surface area (TPSA) is 55.4 Å². The Labute approximate surface area is 150 Å². The Morgan fingerprint density at radius 2 is 1.78 bits per heavy atom. The van der Waals surface area contributed by atoms with Crippen LogP contribution in [-0.2, 0) is 16.4 Å². The highest BCUT2D eigenvalue weighted by atomic mass is 35.5. The third kappa shape index (κ3) is 4.75. The minimum Gasteiger partial charge on any atom is -0.495 e. The molecule has 124 valence electrons. The van der Waals surface area contributed by atoms with Crippen LogP contribution in [0.15, 0.2) is 41.3 Å². The lowest BCUT2D eigenvalue weighted by atomic mass is 10.1. The molecule has 0 aliphatic rings. The van der Waals surface area contributed by atoms with Gasteiger partial charge in [-0.05, 0) is 42.3 Å². The molecule has 0 fully saturated rings. The molecule has 0 aliphatic heterocycles. The van der Waals surface area contributed by atoms with Crippen LogP contribution in [-0.4, -0.2) is 22.1 Å². The minimum atomic E-state index is -3.66. The van der Waals surface area contributed by atoms with Crippen LogP contribution in [0, 0.1) is 0 Å². The predicted molar refractivity (Wildman–Crippen MR) is 93.4 cm³/mol. The molecule has 0 amide bonds. The molecule has 0 aliphatic carbocycles. The Hall–Kier alpha value is -0.980. The van der Waals surface area contributed by atoms with E-state index >= 15 is 0 Å². The zero-order chi connectivity index (χ0) is 17.0. The summed E-state index contributed by atoms with van der Waals surface area (Å²) in [6.45, 7) is 0.202. The molecule has 1 N–H and O–H groups in total. The van der Waals surface area contributed by atoms with E-state index in [1.807, 2.05) is 0 Å². The number of halogens is 3. The van der Waals surface area contributed by atoms with E-state index < -0.39 is 10.0 Å². The summed E-state index contributed by atoms with van der Waals surface area (Å²) in [5.74, 6) is 0.415. The SMILES string of the molecule is COc1ccc(S(=O)(=O)NCCc2ccc(Cl)cc2Cl)cc1Cl. The van der Waals surface area contributed by atoms with Crippen molar-refractivity contribution < 1.29 is 13.2 Å². The average molecular weight is 395 g/mol. The first-order chi connectivity index (χ1) is 10.8. The molecule has 0 saturated carbocycles. The Bertz CT molecular complexity index is 810. The van der Waals surface area contributed by atoms with Crippen molar-refractivity contribution in [1.29, 1.82) is 0 Å². The van der Waals surface area contributed by atoms with Gasteiger partial charge in [-0.15, -0.1) is 0 Å². The normalized spacial score (nSPS) is 11.5. The molecule has 23 heavy (non-hydrogen) atoms. The Morgan fingerprint density at radius 1 is 1.04 bits per heavy atom. The van der Waals surface area contributed by atoms with E-state index in [0.717, 1.165) is 5.56 Å². The van der Waals surface area contributed by atoms with Gasteiger partial charge in [0.25, 0.3) is 0 Å². The molecule has 0 unspecified atom stereocenters. The zero-order valence-corrected chi connectivity index (χ0v) is 15.2. The van der Waals surface area contributed by atoms with Gasteiger partial charge in [0.2, 0.25) is 10.0 Å². The van der Waals surface area contributed by atoms with Gasteiger partial charge < -0.3 is 4.74 Å². The summed E-state index contributed by atoms with van der Waals surface area (Å²) in [5, 5.41) is 1.27. The summed E-state index contributed by atoms with van der Waals surface area (Å²) in [5.41, 5.74) is 0.812. The van der Waals surface area contributed by atoms with Crippen LogP contribution < -0.4 is 9.46 Å². The molecule has 0 radical (unpaired) electrons. The predicted octanol–water partition coefficient (Wildman–Crippen LogP) is 4.18. The van der Waals surface area contributed by atoms with E-state index in [0.29, 0.717) is 22.2 Å². The van der Waals surface area contributed by atoms with E-state index in [9.17, 15) is 8.42 Å². The van der Waals surface area contributed by atoms with Crippen molar-refractivity contribution in [3.63, 3.8) is 0 Å². The first-order valence-corrected chi connectivity index (χ1v) is 9.22. The summed E-state index contributed by atoms with van der Waals surface area (Å²) in [6.07, 6.45) is 0.444. The van der Waals surface area contributed by atoms with Gasteiger partial charge in [-0.25, -0.2) is 13.1 Å². The molecule has 0 atom stereocenters. The van der Waals surface area contributed by atoms with Gasteiger partial charge in [0, 0.05) is 16.6 Å². The summed E-state index contributed by atoms with van der Waals surface area (Å²) >= 11 is 17.8. The van der Waals surface area contributed by atoms with Crippen molar-refractivity contribution >= 4 is 44.8 Å². The van der Waals surface area contributed by atoms with Gasteiger partial charge in [0.05, 0.1) is 17.0 Å². The molecule has 8 heteroatoms. The van der Waals surface area contributed by atoms with E-state index in [2.05, 4.69) is 4.72 Å². The van der Waals surface area contributed by atoms with Crippen LogP contribution in [0.4, 0.5) is 0 Å². The molecule has 0 heterocycles. The van der Waals surface area contributed by atoms with Crippen LogP contribution >= 0.6 is 34.8 Å². The Balaban J connectivity index is 2.05. The number of hydrogen-bond acceptors (Lipinski definition) is 3. The second kappa shape index (κ2) is 7.73. The number of benzene rings is 2. The third-order valence-electron chi connectivity index (χ3n) is 3.14. The lowest BCUT2D eigenvalue weighted by Crippen LogP contribution is -2.26. The van der Waals surface area contributed by atoms with Crippen molar-refractivity contribution in [2.24, 2.45) is 0 Å². The largest absolute Gasteiger partial charge is 0.495 e. The summed E-state index contributed by atoms with van der Waals surface area (Å²) < 4.78 is 32.0. The van der Waals surface area contributed by atoms with Crippen molar-refractivity contribution in [2.45, 2.75) is 11.3 Å². The van der Waals surface area contributed by atoms with Crippen molar-refractivity contribution in [3.05, 3.63) is 57.0 Å². The molecule has 4 nitrogen and oxygen atoms in total. The standard InChI is InChI=1S/C15H14Cl3NO3S/c1-22-15-5-4-12(9-14(15)18)23(20,21)19-7-6-10-2-3-11(16)8-13(10)17/h2-5,8-9,19H,6-7H2,1H3. The highest BCUT2D eigenvalue weighted by Gasteiger charge is 2.15. The number of ether oxygens (including phenoxy) is 1. The third-order valence-corrected chi connectivity index (χ3v) is 5.48. The lowest BCUT2D eigenvalue weighted by Gasteiger charge is -2.09. The fourth-order valence-corrected chi connectivity index (χ4v) is 3.83. The Morgan fingerprint density at radius 3 is 2.39 bits per heavy atom. The van der Waals surface area contributed by atoms with Gasteiger partial charge >= 0.3 is 0 Å². The maximum atomic E-state index is 12.2. The number of sulfonamides is 1. The minimum absolute atomic E-state index is 0.0745. The first kappa shape index (κ1) is 18.4. The van der Waals surface area contributed by atoms with Gasteiger partial charge in [0.1, 0.15) is 5.75 Å². The van der Waals surface area contributed by atoms with E-state index in [1.165, 1.54) is 25.3 Å². The second-order valence-corrected chi connectivity index (χ2v) is 7.70. The molecule has 0 spiro atoms. The van der Waals surface area contributed by atoms with E-state index in [4.69, 9.17) is 39.5 Å². The molecular formula is C15H14Cl3NO3S. The van der Waals surface area contributed by atoms with Crippen molar-refractivity contribution in [2.75, 3.05) is 13.7 Å². The van der Waals surface area contributed by atoms with E-state index in [-0.39, 0.29) is 16.5 Å². The molecule has 2 aromatic carbocycles. The summed E-state index contributed by atoms with van der Waals surface area (Å²) in [4.78, 5) is 0.0745. The first-order valence-electron chi connectivity index (χ1n) is 6.60. The van der Waals surface area contributed by atoms with Crippen LogP contribution in [0.25, 0.3) is 0 Å². The van der Waals surface area contributed by atoms with Gasteiger partial charge in [0.15, 0.2) is 0 Å². The van der Waals surface area contributed by atoms with Crippen LogP contribution in [0.2, 0.25) is 15.1 Å². The fourth-order valence-electron chi connectivity index (χ4n) is 1.94. The fraction of sp³-hybridized carbons (Fsp3) is 0.200. The lowest BCUT2D eigenvalue weighted by molar-refractivity contribution is 0.414. The van der Waals surface area contributed by atoms with Crippen LogP contribution in [0.5, 0.6) is 5.75 Å². The van der Waals surface area contributed by atoms with Gasteiger partial charge in [-0.2, -0.15) is 0 Å². The maximum absolute atomic E-state index is 12.2. The summed E-state index contributed by atoms with van der Waals surface area (Å²) in [6, 6.07) is 9.38. The second-order valence-electron chi connectivity index (χ2n) is 4.68. The van der Waals surface area contributed by atoms with Gasteiger partial charge in [-0.3, -0.25) is 0 Å². The highest BCUT2D eigenvalue weighted by molar-refractivity contribution is 7.89. The van der Waals surface area contributed by atoms with Crippen LogP contribution in [0.3, 0.4) is 0 Å². The smallest absolute Gasteiger partial charge is 0.240 e. The molecule has 0 saturated heterocycles. The number of nitrogens with one attached hydrogen (secondary N) is 1. The zero-order valence-electron chi connectivity index (χ0n) is 12.1. The van der Waals surface area contributed by atoms with Gasteiger partial charge in [-0.1, -0.05) is 40.9 Å².